The molecule has 7 heteroatoms. The average molecular weight is 369 g/mol. The summed E-state index contributed by atoms with van der Waals surface area (Å²) in [6.45, 7) is 11.6. The zero-order valence-electron chi connectivity index (χ0n) is 15.5. The standard InChI is InChI=1S/C18H22N5SSi/c1-11-7-13(25(4,5)6)8-14(12(11)2)16-17-15(9-20-22(16)3)23-10-19-21-18(23)24-17/h7-10H,1-6H3/q+1. The Labute approximate surface area is 152 Å². The number of aryl methyl sites for hydroxylation is 2. The van der Waals surface area contributed by atoms with Crippen LogP contribution in [0, 0.1) is 13.8 Å². The summed E-state index contributed by atoms with van der Waals surface area (Å²) in [4.78, 5) is 0.903. The third-order valence-corrected chi connectivity index (χ3v) is 7.97. The summed E-state index contributed by atoms with van der Waals surface area (Å²) in [5.41, 5.74) is 6.16. The highest BCUT2D eigenvalue weighted by Crippen LogP contribution is 2.33. The molecule has 0 radical (unpaired) electrons. The number of aromatic nitrogens is 5. The maximum Gasteiger partial charge on any atom is 0.368 e. The van der Waals surface area contributed by atoms with E-state index < -0.39 is 8.07 Å². The van der Waals surface area contributed by atoms with E-state index >= 15 is 0 Å². The van der Waals surface area contributed by atoms with Crippen LogP contribution in [0.2, 0.25) is 19.6 Å². The molecule has 1 aromatic carbocycles. The highest BCUT2D eigenvalue weighted by molar-refractivity contribution is 7.23. The SMILES string of the molecule is Cc1cc([Si](C)(C)C)cc(-c2c3sc4nnc[n+]4c3cnn2C)c1C. The van der Waals surface area contributed by atoms with E-state index in [4.69, 9.17) is 0 Å². The Balaban J connectivity index is 2.11. The van der Waals surface area contributed by atoms with E-state index in [0.717, 1.165) is 16.2 Å². The van der Waals surface area contributed by atoms with Crippen LogP contribution in [0.5, 0.6) is 0 Å². The van der Waals surface area contributed by atoms with Crippen LogP contribution in [-0.4, -0.2) is 28.1 Å². The van der Waals surface area contributed by atoms with Gasteiger partial charge in [-0.25, -0.2) is 0 Å². The zero-order chi connectivity index (χ0) is 17.9. The molecule has 4 aromatic rings. The van der Waals surface area contributed by atoms with E-state index in [2.05, 4.69) is 60.9 Å². The van der Waals surface area contributed by atoms with Gasteiger partial charge < -0.3 is 0 Å². The molecule has 0 aliphatic carbocycles. The summed E-state index contributed by atoms with van der Waals surface area (Å²) in [7, 11) is 0.610. The monoisotopic (exact) mass is 368 g/mol. The number of hydrogen-bond acceptors (Lipinski definition) is 4. The van der Waals surface area contributed by atoms with Gasteiger partial charge in [0.1, 0.15) is 10.2 Å². The lowest BCUT2D eigenvalue weighted by molar-refractivity contribution is -0.477. The van der Waals surface area contributed by atoms with Gasteiger partial charge in [0.05, 0.1) is 30.2 Å². The molecule has 0 unspecified atom stereocenters. The van der Waals surface area contributed by atoms with Gasteiger partial charge in [0, 0.05) is 12.6 Å². The van der Waals surface area contributed by atoms with E-state index in [-0.39, 0.29) is 0 Å². The van der Waals surface area contributed by atoms with Gasteiger partial charge >= 0.3 is 4.96 Å². The Kier molecular flexibility index (Phi) is 3.56. The molecule has 0 saturated carbocycles. The van der Waals surface area contributed by atoms with Gasteiger partial charge in [-0.1, -0.05) is 48.3 Å². The Hall–Kier alpha value is -2.12. The molecular weight excluding hydrogens is 346 g/mol. The molecule has 0 aliphatic rings. The van der Waals surface area contributed by atoms with Crippen LogP contribution in [0.15, 0.2) is 24.7 Å². The third kappa shape index (κ3) is 2.49. The van der Waals surface area contributed by atoms with Gasteiger partial charge in [-0.05, 0) is 25.0 Å². The first kappa shape index (κ1) is 16.4. The normalized spacial score (nSPS) is 12.4. The molecule has 0 spiro atoms. The fourth-order valence-electron chi connectivity index (χ4n) is 3.18. The first-order valence-electron chi connectivity index (χ1n) is 8.37. The summed E-state index contributed by atoms with van der Waals surface area (Å²) < 4.78 is 5.21. The molecule has 0 amide bonds. The molecule has 25 heavy (non-hydrogen) atoms. The van der Waals surface area contributed by atoms with Crippen LogP contribution in [-0.2, 0) is 7.05 Å². The van der Waals surface area contributed by atoms with Gasteiger partial charge in [0.25, 0.3) is 6.33 Å². The number of fused-ring (bicyclic) bond motifs is 3. The molecule has 0 bridgehead atoms. The predicted molar refractivity (Wildman–Crippen MR) is 105 cm³/mol. The van der Waals surface area contributed by atoms with Gasteiger partial charge in [-0.2, -0.15) is 9.50 Å². The summed E-state index contributed by atoms with van der Waals surface area (Å²) in [5.74, 6) is 0. The van der Waals surface area contributed by atoms with E-state index in [0.29, 0.717) is 0 Å². The first-order chi connectivity index (χ1) is 11.8. The van der Waals surface area contributed by atoms with Gasteiger partial charge in [-0.3, -0.25) is 4.68 Å². The maximum absolute atomic E-state index is 4.61. The van der Waals surface area contributed by atoms with Crippen molar-refractivity contribution >= 4 is 39.8 Å². The lowest BCUT2D eigenvalue weighted by Crippen LogP contribution is -2.38. The number of nitrogens with zero attached hydrogens (tertiary/aromatic N) is 5. The molecular formula is C18H22N5SSi+. The van der Waals surface area contributed by atoms with Crippen LogP contribution >= 0.6 is 11.3 Å². The van der Waals surface area contributed by atoms with Crippen molar-refractivity contribution in [2.45, 2.75) is 33.5 Å². The summed E-state index contributed by atoms with van der Waals surface area (Å²) in [6.07, 6.45) is 3.66. The van der Waals surface area contributed by atoms with Crippen molar-refractivity contribution in [3.8, 4) is 11.3 Å². The Morgan fingerprint density at radius 3 is 2.64 bits per heavy atom. The summed E-state index contributed by atoms with van der Waals surface area (Å²) in [5, 5.41) is 14.3. The predicted octanol–water partition coefficient (Wildman–Crippen LogP) is 2.99. The average Bonchev–Trinajstić information content (AvgIpc) is 3.10. The van der Waals surface area contributed by atoms with Crippen LogP contribution in [0.3, 0.4) is 0 Å². The van der Waals surface area contributed by atoms with E-state index in [1.54, 1.807) is 17.7 Å². The fourth-order valence-corrected chi connectivity index (χ4v) is 5.52. The van der Waals surface area contributed by atoms with Crippen molar-refractivity contribution in [2.24, 2.45) is 7.05 Å². The topological polar surface area (TPSA) is 47.7 Å². The first-order valence-corrected chi connectivity index (χ1v) is 12.7. The number of thiazole rings is 1. The second-order valence-corrected chi connectivity index (χ2v) is 13.7. The van der Waals surface area contributed by atoms with E-state index in [1.807, 2.05) is 22.3 Å². The van der Waals surface area contributed by atoms with Crippen LogP contribution in [0.1, 0.15) is 11.1 Å². The molecule has 0 fully saturated rings. The lowest BCUT2D eigenvalue weighted by Gasteiger charge is -2.21. The van der Waals surface area contributed by atoms with Crippen molar-refractivity contribution < 1.29 is 4.40 Å². The minimum absolute atomic E-state index is 0.903. The maximum atomic E-state index is 4.61. The van der Waals surface area contributed by atoms with Crippen molar-refractivity contribution in [1.82, 2.24) is 20.0 Å². The Bertz CT molecular complexity index is 1120. The van der Waals surface area contributed by atoms with Crippen LogP contribution in [0.4, 0.5) is 0 Å². The van der Waals surface area contributed by atoms with Crippen molar-refractivity contribution in [3.63, 3.8) is 0 Å². The highest BCUT2D eigenvalue weighted by atomic mass is 32.1. The molecule has 4 rings (SSSR count). The van der Waals surface area contributed by atoms with Crippen molar-refractivity contribution in [3.05, 3.63) is 35.8 Å². The Morgan fingerprint density at radius 2 is 1.92 bits per heavy atom. The van der Waals surface area contributed by atoms with Crippen molar-refractivity contribution in [2.75, 3.05) is 0 Å². The quantitative estimate of drug-likeness (QED) is 0.404. The largest absolute Gasteiger partial charge is 0.368 e. The molecule has 0 N–H and O–H groups in total. The molecule has 128 valence electrons. The van der Waals surface area contributed by atoms with Crippen LogP contribution < -0.4 is 9.59 Å². The van der Waals surface area contributed by atoms with Gasteiger partial charge in [-0.15, -0.1) is 0 Å². The van der Waals surface area contributed by atoms with E-state index in [9.17, 15) is 0 Å². The van der Waals surface area contributed by atoms with E-state index in [1.165, 1.54) is 26.6 Å². The highest BCUT2D eigenvalue weighted by Gasteiger charge is 2.23. The van der Waals surface area contributed by atoms with Crippen LogP contribution in [0.25, 0.3) is 26.4 Å². The Morgan fingerprint density at radius 1 is 1.16 bits per heavy atom. The number of rotatable bonds is 2. The second kappa shape index (κ2) is 5.44. The van der Waals surface area contributed by atoms with Crippen molar-refractivity contribution in [1.29, 1.82) is 0 Å². The third-order valence-electron chi connectivity index (χ3n) is 4.88. The smallest absolute Gasteiger partial charge is 0.266 e. The lowest BCUT2D eigenvalue weighted by atomic mass is 10.0. The molecule has 5 nitrogen and oxygen atoms in total. The van der Waals surface area contributed by atoms with Gasteiger partial charge in [0.2, 0.25) is 0 Å². The molecule has 0 aliphatic heterocycles. The second-order valence-electron chi connectivity index (χ2n) is 7.63. The molecule has 3 aromatic heterocycles. The number of benzene rings is 1. The molecule has 0 saturated heterocycles. The minimum Gasteiger partial charge on any atom is -0.266 e. The molecule has 3 heterocycles. The summed E-state index contributed by atoms with van der Waals surface area (Å²) in [6, 6.07) is 4.75. The molecule has 0 atom stereocenters. The van der Waals surface area contributed by atoms with Gasteiger partial charge in [0.15, 0.2) is 0 Å². The summed E-state index contributed by atoms with van der Waals surface area (Å²) >= 11 is 1.67. The minimum atomic E-state index is -1.41. The number of hydrogen-bond donors (Lipinski definition) is 0. The fraction of sp³-hybridized carbons (Fsp3) is 0.333. The zero-order valence-corrected chi connectivity index (χ0v) is 17.3.